The summed E-state index contributed by atoms with van der Waals surface area (Å²) in [4.78, 5) is 26.7. The summed E-state index contributed by atoms with van der Waals surface area (Å²) in [6.45, 7) is 1.66. The number of nitrogens with one attached hydrogen (secondary N) is 2. The Balaban J connectivity index is 1.39. The number of carbonyl (C=O) groups is 1. The van der Waals surface area contributed by atoms with Crippen molar-refractivity contribution >= 4 is 22.9 Å². The third-order valence-corrected chi connectivity index (χ3v) is 7.96. The lowest BCUT2D eigenvalue weighted by molar-refractivity contribution is -0.136. The highest BCUT2D eigenvalue weighted by Crippen LogP contribution is 2.46. The lowest BCUT2D eigenvalue weighted by Crippen LogP contribution is -2.45. The number of benzene rings is 2. The first-order chi connectivity index (χ1) is 18.9. The molecule has 0 spiro atoms. The van der Waals surface area contributed by atoms with Gasteiger partial charge in [0.25, 0.3) is 0 Å². The van der Waals surface area contributed by atoms with Crippen LogP contribution in [0.3, 0.4) is 0 Å². The number of rotatable bonds is 5. The highest BCUT2D eigenvalue weighted by molar-refractivity contribution is 5.85. The van der Waals surface area contributed by atoms with Crippen LogP contribution < -0.4 is 10.6 Å². The fourth-order valence-corrected chi connectivity index (χ4v) is 5.60. The molecule has 9 heteroatoms. The van der Waals surface area contributed by atoms with Gasteiger partial charge >= 0.3 is 0 Å². The Morgan fingerprint density at radius 2 is 1.77 bits per heavy atom. The Bertz CT molecular complexity index is 1580. The molecule has 2 heterocycles. The summed E-state index contributed by atoms with van der Waals surface area (Å²) in [5.74, 6) is 7.12. The Kier molecular flexibility index (Phi) is 6.29. The van der Waals surface area contributed by atoms with Crippen molar-refractivity contribution in [1.82, 2.24) is 24.8 Å². The number of aliphatic hydroxyl groups is 2. The molecule has 4 N–H and O–H groups in total. The highest BCUT2D eigenvalue weighted by atomic mass is 16.3. The van der Waals surface area contributed by atoms with Crippen molar-refractivity contribution < 1.29 is 15.0 Å². The first-order valence-corrected chi connectivity index (χ1v) is 13.1. The molecule has 39 heavy (non-hydrogen) atoms. The topological polar surface area (TPSA) is 125 Å². The van der Waals surface area contributed by atoms with Gasteiger partial charge in [-0.15, -0.1) is 0 Å². The van der Waals surface area contributed by atoms with E-state index in [1.54, 1.807) is 17.8 Å². The number of carbonyl (C=O) groups excluding carboxylic acids is 1. The maximum Gasteiger partial charge on any atom is 0.228 e. The van der Waals surface area contributed by atoms with Gasteiger partial charge in [0, 0.05) is 24.6 Å². The van der Waals surface area contributed by atoms with Crippen molar-refractivity contribution in [3.05, 3.63) is 83.9 Å². The van der Waals surface area contributed by atoms with Crippen LogP contribution in [0.2, 0.25) is 0 Å². The lowest BCUT2D eigenvalue weighted by atomic mass is 9.85. The summed E-state index contributed by atoms with van der Waals surface area (Å²) < 4.78 is 1.74. The minimum absolute atomic E-state index is 0.195. The third kappa shape index (κ3) is 4.52. The van der Waals surface area contributed by atoms with Crippen LogP contribution >= 0.6 is 0 Å². The molecule has 1 amide bonds. The van der Waals surface area contributed by atoms with Gasteiger partial charge in [-0.25, -0.2) is 15.0 Å². The Hall–Kier alpha value is -4.26. The van der Waals surface area contributed by atoms with Crippen LogP contribution in [0.4, 0.5) is 5.82 Å². The number of hydrogen-bond acceptors (Lipinski definition) is 7. The quantitative estimate of drug-likeness (QED) is 0.297. The second-order valence-corrected chi connectivity index (χ2v) is 10.5. The van der Waals surface area contributed by atoms with Crippen molar-refractivity contribution in [2.45, 2.75) is 50.0 Å². The second-order valence-electron chi connectivity index (χ2n) is 10.5. The molecule has 2 unspecified atom stereocenters. The molecule has 6 atom stereocenters. The molecule has 9 nitrogen and oxygen atoms in total. The number of fused-ring (bicyclic) bond motifs is 1. The standard InChI is InChI=1S/C30H30N6O3/c1-30(29(39)31-2)16-22(25(37)26(30)38)36-17-32-24-27(33-21-15-20(21)19-11-7-4-8-12-19)34-23(35-28(24)36)14-13-18-9-5-3-6-10-18/h3-12,17,20-22,25-26,37-38H,15-16H2,1-2H3,(H,31,39)(H,33,34,35)/t20-,21?,22+,25-,26-,30?/m0/s1. The summed E-state index contributed by atoms with van der Waals surface area (Å²) in [5, 5.41) is 28.0. The van der Waals surface area contributed by atoms with E-state index in [4.69, 9.17) is 9.97 Å². The van der Waals surface area contributed by atoms with Crippen LogP contribution in [-0.2, 0) is 4.79 Å². The maximum atomic E-state index is 12.6. The van der Waals surface area contributed by atoms with Gasteiger partial charge in [0.15, 0.2) is 17.0 Å². The first-order valence-electron chi connectivity index (χ1n) is 13.1. The van der Waals surface area contributed by atoms with E-state index >= 15 is 0 Å². The predicted octanol–water partition coefficient (Wildman–Crippen LogP) is 2.61. The van der Waals surface area contributed by atoms with Crippen LogP contribution in [0.15, 0.2) is 67.0 Å². The average Bonchev–Trinajstić information content (AvgIpc) is 3.54. The van der Waals surface area contributed by atoms with Gasteiger partial charge in [-0.05, 0) is 43.4 Å². The molecule has 6 rings (SSSR count). The van der Waals surface area contributed by atoms with Crippen molar-refractivity contribution in [3.8, 4) is 11.8 Å². The van der Waals surface area contributed by atoms with Crippen LogP contribution in [0.1, 0.15) is 48.7 Å². The third-order valence-electron chi connectivity index (χ3n) is 7.96. The highest BCUT2D eigenvalue weighted by Gasteiger charge is 2.55. The fraction of sp³-hybridized carbons (Fsp3) is 0.333. The molecule has 0 radical (unpaired) electrons. The molecule has 4 aromatic rings. The number of nitrogens with zero attached hydrogens (tertiary/aromatic N) is 4. The Morgan fingerprint density at radius 1 is 1.05 bits per heavy atom. The number of anilines is 1. The number of aliphatic hydroxyl groups excluding tert-OH is 2. The summed E-state index contributed by atoms with van der Waals surface area (Å²) in [6, 6.07) is 19.5. The Labute approximate surface area is 226 Å². The van der Waals surface area contributed by atoms with Crippen LogP contribution in [0.25, 0.3) is 11.2 Å². The van der Waals surface area contributed by atoms with E-state index in [1.165, 1.54) is 12.6 Å². The zero-order valence-electron chi connectivity index (χ0n) is 21.7. The molecule has 2 fully saturated rings. The van der Waals surface area contributed by atoms with Crippen molar-refractivity contribution in [2.75, 3.05) is 12.4 Å². The van der Waals surface area contributed by atoms with Gasteiger partial charge in [0.05, 0.1) is 23.9 Å². The smallest absolute Gasteiger partial charge is 0.228 e. The minimum Gasteiger partial charge on any atom is -0.389 e. The average molecular weight is 523 g/mol. The molecule has 0 bridgehead atoms. The largest absolute Gasteiger partial charge is 0.389 e. The maximum absolute atomic E-state index is 12.6. The molecule has 2 saturated carbocycles. The summed E-state index contributed by atoms with van der Waals surface area (Å²) in [6.07, 6.45) is 0.364. The van der Waals surface area contributed by atoms with E-state index in [-0.39, 0.29) is 18.4 Å². The van der Waals surface area contributed by atoms with Gasteiger partial charge in [0.2, 0.25) is 11.7 Å². The monoisotopic (exact) mass is 522 g/mol. The van der Waals surface area contributed by atoms with Crippen LogP contribution in [-0.4, -0.2) is 60.9 Å². The van der Waals surface area contributed by atoms with Gasteiger partial charge in [-0.2, -0.15) is 0 Å². The predicted molar refractivity (Wildman–Crippen MR) is 147 cm³/mol. The van der Waals surface area contributed by atoms with E-state index in [0.717, 1.165) is 12.0 Å². The summed E-state index contributed by atoms with van der Waals surface area (Å²) >= 11 is 0. The van der Waals surface area contributed by atoms with Crippen LogP contribution in [0.5, 0.6) is 0 Å². The molecular formula is C30H30N6O3. The zero-order valence-corrected chi connectivity index (χ0v) is 21.7. The second kappa shape index (κ2) is 9.80. The van der Waals surface area contributed by atoms with E-state index in [9.17, 15) is 15.0 Å². The van der Waals surface area contributed by atoms with Gasteiger partial charge in [0.1, 0.15) is 6.10 Å². The van der Waals surface area contributed by atoms with Crippen LogP contribution in [0, 0.1) is 17.3 Å². The molecular weight excluding hydrogens is 492 g/mol. The molecule has 198 valence electrons. The molecule has 0 saturated heterocycles. The SMILES string of the molecule is CNC(=O)C1(C)C[C@@H](n2cnc3c(NC4C[C@H]4c4ccccc4)nc(C#Cc4ccccc4)nc32)[C@H](O)[C@@H]1O. The Morgan fingerprint density at radius 3 is 2.49 bits per heavy atom. The number of amides is 1. The number of aromatic nitrogens is 4. The van der Waals surface area contributed by atoms with Crippen molar-refractivity contribution in [2.24, 2.45) is 5.41 Å². The molecule has 2 aliphatic carbocycles. The molecule has 2 aromatic carbocycles. The van der Waals surface area contributed by atoms with Gasteiger partial charge in [-0.3, -0.25) is 4.79 Å². The zero-order chi connectivity index (χ0) is 27.1. The molecule has 2 aromatic heterocycles. The molecule has 2 aliphatic rings. The number of hydrogen-bond donors (Lipinski definition) is 4. The normalized spacial score (nSPS) is 27.5. The minimum atomic E-state index is -1.24. The van der Waals surface area contributed by atoms with Gasteiger partial charge < -0.3 is 25.4 Å². The summed E-state index contributed by atoms with van der Waals surface area (Å²) in [5.41, 5.74) is 1.99. The van der Waals surface area contributed by atoms with Crippen molar-refractivity contribution in [3.63, 3.8) is 0 Å². The van der Waals surface area contributed by atoms with Crippen molar-refractivity contribution in [1.29, 1.82) is 0 Å². The van der Waals surface area contributed by atoms with Gasteiger partial charge in [-0.1, -0.05) is 54.5 Å². The molecule has 0 aliphatic heterocycles. The summed E-state index contributed by atoms with van der Waals surface area (Å²) in [7, 11) is 1.52. The van der Waals surface area contributed by atoms with E-state index in [1.807, 2.05) is 48.5 Å². The van der Waals surface area contributed by atoms with E-state index in [2.05, 4.69) is 39.6 Å². The lowest BCUT2D eigenvalue weighted by Gasteiger charge is -2.26. The van der Waals surface area contributed by atoms with E-state index in [0.29, 0.717) is 28.7 Å². The first kappa shape index (κ1) is 25.0. The van der Waals surface area contributed by atoms with E-state index < -0.39 is 23.7 Å². The number of imidazole rings is 1. The fourth-order valence-electron chi connectivity index (χ4n) is 5.60.